The van der Waals surface area contributed by atoms with E-state index in [4.69, 9.17) is 20.2 Å². The van der Waals surface area contributed by atoms with Crippen molar-refractivity contribution < 1.29 is 24.5 Å². The number of carbonyl (C=O) groups is 2. The fraction of sp³-hybridized carbons (Fsp3) is 0.0500. The first kappa shape index (κ1) is 20.2. The maximum atomic E-state index is 10.2. The number of aliphatic carboxylic acids is 2. The molecule has 0 spiro atoms. The van der Waals surface area contributed by atoms with Crippen LogP contribution in [0.1, 0.15) is 16.7 Å². The molecule has 0 aromatic heterocycles. The smallest absolute Gasteiger partial charge is 0.328 e. The second kappa shape index (κ2) is 10.8. The van der Waals surface area contributed by atoms with Gasteiger partial charge in [-0.3, -0.25) is 0 Å². The third-order valence-electron chi connectivity index (χ3n) is 2.99. The van der Waals surface area contributed by atoms with E-state index in [1.165, 1.54) is 12.2 Å². The van der Waals surface area contributed by atoms with Crippen LogP contribution < -0.4 is 4.74 Å². The van der Waals surface area contributed by atoms with Gasteiger partial charge in [0.2, 0.25) is 0 Å². The summed E-state index contributed by atoms with van der Waals surface area (Å²) in [6, 6.07) is 15.8. The van der Waals surface area contributed by atoms with Gasteiger partial charge in [0.1, 0.15) is 5.75 Å². The third kappa shape index (κ3) is 8.13. The highest BCUT2D eigenvalue weighted by Crippen LogP contribution is 2.12. The molecule has 132 valence electrons. The van der Waals surface area contributed by atoms with Gasteiger partial charge in [0.15, 0.2) is 0 Å². The number of ether oxygens (including phenoxy) is 1. The van der Waals surface area contributed by atoms with E-state index in [0.29, 0.717) is 5.56 Å². The molecular weight excluding hydrogens is 334 g/mol. The number of hydrogen-bond acceptors (Lipinski definition) is 4. The van der Waals surface area contributed by atoms with E-state index < -0.39 is 11.9 Å². The molecule has 2 rings (SSSR count). The summed E-state index contributed by atoms with van der Waals surface area (Å²) in [6.07, 6.45) is 5.16. The summed E-state index contributed by atoms with van der Waals surface area (Å²) in [5, 5.41) is 25.2. The Morgan fingerprint density at radius 2 is 1.31 bits per heavy atom. The van der Waals surface area contributed by atoms with E-state index in [9.17, 15) is 9.59 Å². The lowest BCUT2D eigenvalue weighted by molar-refractivity contribution is -0.132. The van der Waals surface area contributed by atoms with E-state index in [0.717, 1.165) is 29.0 Å². The zero-order valence-corrected chi connectivity index (χ0v) is 14.0. The van der Waals surface area contributed by atoms with Gasteiger partial charge in [0.25, 0.3) is 0 Å². The van der Waals surface area contributed by atoms with Crippen LogP contribution in [0.5, 0.6) is 5.75 Å². The standard InChI is InChI=1S/C10H7NO2.C10H10O3/c11-7-9-3-1-8(2-4-9)5-6-10(12)13;1-13-9-5-2-8(3-6-9)4-7-10(11)12/h1-6H,(H,12,13);2-7H,1H3,(H,11,12). The van der Waals surface area contributed by atoms with Gasteiger partial charge in [0, 0.05) is 12.2 Å². The van der Waals surface area contributed by atoms with Crippen molar-refractivity contribution in [2.24, 2.45) is 0 Å². The molecule has 0 unspecified atom stereocenters. The number of benzene rings is 2. The molecule has 0 saturated heterocycles. The zero-order valence-electron chi connectivity index (χ0n) is 14.0. The van der Waals surface area contributed by atoms with Gasteiger partial charge in [-0.1, -0.05) is 24.3 Å². The number of nitriles is 1. The predicted octanol–water partition coefficient (Wildman–Crippen LogP) is 3.45. The minimum atomic E-state index is -0.982. The van der Waals surface area contributed by atoms with E-state index in [-0.39, 0.29) is 0 Å². The Balaban J connectivity index is 0.000000260. The first-order valence-electron chi connectivity index (χ1n) is 7.41. The summed E-state index contributed by atoms with van der Waals surface area (Å²) in [6.45, 7) is 0. The molecule has 2 aromatic carbocycles. The summed E-state index contributed by atoms with van der Waals surface area (Å²) < 4.78 is 4.95. The third-order valence-corrected chi connectivity index (χ3v) is 2.99. The second-order valence-corrected chi connectivity index (χ2v) is 4.85. The van der Waals surface area contributed by atoms with Gasteiger partial charge in [-0.15, -0.1) is 0 Å². The Bertz CT molecular complexity index is 828. The molecule has 2 N–H and O–H groups in total. The summed E-state index contributed by atoms with van der Waals surface area (Å²) in [4.78, 5) is 20.3. The SMILES string of the molecule is COc1ccc(C=CC(=O)O)cc1.N#Cc1ccc(C=CC(=O)O)cc1. The van der Waals surface area contributed by atoms with Crippen molar-refractivity contribution in [2.45, 2.75) is 0 Å². The summed E-state index contributed by atoms with van der Waals surface area (Å²) in [7, 11) is 1.59. The lowest BCUT2D eigenvalue weighted by Crippen LogP contribution is -1.86. The number of carboxylic acid groups (broad SMARTS) is 2. The highest BCUT2D eigenvalue weighted by Gasteiger charge is 1.92. The van der Waals surface area contributed by atoms with Crippen LogP contribution in [-0.4, -0.2) is 29.3 Å². The first-order chi connectivity index (χ1) is 12.4. The van der Waals surface area contributed by atoms with E-state index >= 15 is 0 Å². The van der Waals surface area contributed by atoms with Crippen LogP contribution in [-0.2, 0) is 9.59 Å². The fourth-order valence-corrected chi connectivity index (χ4v) is 1.72. The Morgan fingerprint density at radius 1 is 0.885 bits per heavy atom. The number of hydrogen-bond donors (Lipinski definition) is 2. The fourth-order valence-electron chi connectivity index (χ4n) is 1.72. The normalized spacial score (nSPS) is 10.0. The van der Waals surface area contributed by atoms with Crippen LogP contribution in [0.15, 0.2) is 60.7 Å². The van der Waals surface area contributed by atoms with Gasteiger partial charge < -0.3 is 14.9 Å². The molecule has 0 heterocycles. The topological polar surface area (TPSA) is 108 Å². The molecule has 0 aliphatic rings. The van der Waals surface area contributed by atoms with Gasteiger partial charge in [-0.25, -0.2) is 9.59 Å². The lowest BCUT2D eigenvalue weighted by Gasteiger charge is -1.98. The molecule has 0 aliphatic carbocycles. The highest BCUT2D eigenvalue weighted by atomic mass is 16.5. The van der Waals surface area contributed by atoms with E-state index in [1.807, 2.05) is 6.07 Å². The van der Waals surface area contributed by atoms with Crippen molar-refractivity contribution in [2.75, 3.05) is 7.11 Å². The molecule has 0 aliphatic heterocycles. The highest BCUT2D eigenvalue weighted by molar-refractivity contribution is 5.85. The molecule has 0 fully saturated rings. The van der Waals surface area contributed by atoms with Crippen molar-refractivity contribution in [3.05, 3.63) is 77.4 Å². The molecule has 0 amide bonds. The Labute approximate surface area is 150 Å². The average molecular weight is 351 g/mol. The summed E-state index contributed by atoms with van der Waals surface area (Å²) in [5.41, 5.74) is 2.16. The predicted molar refractivity (Wildman–Crippen MR) is 97.5 cm³/mol. The van der Waals surface area contributed by atoms with Gasteiger partial charge >= 0.3 is 11.9 Å². The van der Waals surface area contributed by atoms with Crippen molar-refractivity contribution in [3.8, 4) is 11.8 Å². The minimum Gasteiger partial charge on any atom is -0.497 e. The lowest BCUT2D eigenvalue weighted by atomic mass is 10.1. The maximum absolute atomic E-state index is 10.2. The van der Waals surface area contributed by atoms with Gasteiger partial charge in [0.05, 0.1) is 18.7 Å². The summed E-state index contributed by atoms with van der Waals surface area (Å²) >= 11 is 0. The molecule has 0 bridgehead atoms. The second-order valence-electron chi connectivity index (χ2n) is 4.85. The molecular formula is C20H17NO5. The Hall–Kier alpha value is -3.85. The van der Waals surface area contributed by atoms with Crippen LogP contribution in [0.2, 0.25) is 0 Å². The number of rotatable bonds is 5. The molecule has 0 atom stereocenters. The monoisotopic (exact) mass is 351 g/mol. The van der Waals surface area contributed by atoms with Crippen molar-refractivity contribution in [3.63, 3.8) is 0 Å². The van der Waals surface area contributed by atoms with E-state index in [2.05, 4.69) is 0 Å². The van der Waals surface area contributed by atoms with Crippen molar-refractivity contribution >= 4 is 24.1 Å². The van der Waals surface area contributed by atoms with Crippen LogP contribution in [0, 0.1) is 11.3 Å². The van der Waals surface area contributed by atoms with Crippen molar-refractivity contribution in [1.29, 1.82) is 5.26 Å². The molecule has 0 radical (unpaired) electrons. The minimum absolute atomic E-state index is 0.562. The molecule has 26 heavy (non-hydrogen) atoms. The van der Waals surface area contributed by atoms with Crippen LogP contribution >= 0.6 is 0 Å². The van der Waals surface area contributed by atoms with Crippen molar-refractivity contribution in [1.82, 2.24) is 0 Å². The number of nitrogens with zero attached hydrogens (tertiary/aromatic N) is 1. The Morgan fingerprint density at radius 3 is 1.65 bits per heavy atom. The van der Waals surface area contributed by atoms with Crippen LogP contribution in [0.25, 0.3) is 12.2 Å². The largest absolute Gasteiger partial charge is 0.497 e. The quantitative estimate of drug-likeness (QED) is 0.799. The molecule has 6 heteroatoms. The molecule has 2 aromatic rings. The molecule has 6 nitrogen and oxygen atoms in total. The van der Waals surface area contributed by atoms with Crippen LogP contribution in [0.3, 0.4) is 0 Å². The van der Waals surface area contributed by atoms with Crippen LogP contribution in [0.4, 0.5) is 0 Å². The first-order valence-corrected chi connectivity index (χ1v) is 7.41. The Kier molecular flexibility index (Phi) is 8.42. The van der Waals surface area contributed by atoms with E-state index in [1.54, 1.807) is 55.6 Å². The zero-order chi connectivity index (χ0) is 19.4. The maximum Gasteiger partial charge on any atom is 0.328 e. The van der Waals surface area contributed by atoms with Gasteiger partial charge in [-0.05, 0) is 47.5 Å². The summed E-state index contributed by atoms with van der Waals surface area (Å²) in [5.74, 6) is -1.17. The number of carboxylic acids is 2. The van der Waals surface area contributed by atoms with Gasteiger partial charge in [-0.2, -0.15) is 5.26 Å². The molecule has 0 saturated carbocycles. The number of methoxy groups -OCH3 is 1. The average Bonchev–Trinajstić information content (AvgIpc) is 2.66.